The van der Waals surface area contributed by atoms with Crippen LogP contribution in [0.5, 0.6) is 11.5 Å². The summed E-state index contributed by atoms with van der Waals surface area (Å²) in [6.45, 7) is 8.43. The molecule has 7 heteroatoms. The third-order valence-electron chi connectivity index (χ3n) is 4.45. The summed E-state index contributed by atoms with van der Waals surface area (Å²) in [7, 11) is 0. The normalized spacial score (nSPS) is 15.1. The highest BCUT2D eigenvalue weighted by Gasteiger charge is 2.29. The van der Waals surface area contributed by atoms with Gasteiger partial charge in [-0.1, -0.05) is 24.3 Å². The summed E-state index contributed by atoms with van der Waals surface area (Å²) >= 11 is 0. The van der Waals surface area contributed by atoms with Crippen LogP contribution < -0.4 is 9.47 Å². The van der Waals surface area contributed by atoms with E-state index in [1.807, 2.05) is 13.8 Å². The van der Waals surface area contributed by atoms with Gasteiger partial charge in [-0.3, -0.25) is 0 Å². The number of carboxylic acids is 1. The lowest BCUT2D eigenvalue weighted by Crippen LogP contribution is -2.28. The molecule has 2 aromatic carbocycles. The number of carbonyl (C=O) groups is 1. The van der Waals surface area contributed by atoms with Crippen molar-refractivity contribution < 1.29 is 34.0 Å². The zero-order chi connectivity index (χ0) is 22.1. The predicted molar refractivity (Wildman–Crippen MR) is 112 cm³/mol. The molecule has 0 aromatic heterocycles. The average molecular weight is 418 g/mol. The Balaban J connectivity index is 2.23. The van der Waals surface area contributed by atoms with Crippen LogP contribution >= 0.6 is 0 Å². The molecule has 0 spiro atoms. The Hall–Kier alpha value is -2.61. The maximum absolute atomic E-state index is 11.5. The molecule has 0 aliphatic rings. The molecule has 3 unspecified atom stereocenters. The third kappa shape index (κ3) is 6.73. The highest BCUT2D eigenvalue weighted by Crippen LogP contribution is 2.31. The summed E-state index contributed by atoms with van der Waals surface area (Å²) in [5.74, 6) is -0.858. The zero-order valence-electron chi connectivity index (χ0n) is 17.8. The molecule has 0 heterocycles. The maximum atomic E-state index is 11.5. The van der Waals surface area contributed by atoms with Gasteiger partial charge >= 0.3 is 5.97 Å². The Kier molecular flexibility index (Phi) is 9.11. The van der Waals surface area contributed by atoms with Crippen molar-refractivity contribution >= 4 is 5.97 Å². The van der Waals surface area contributed by atoms with Crippen molar-refractivity contribution in [2.45, 2.75) is 52.3 Å². The minimum atomic E-state index is -1.60. The lowest BCUT2D eigenvalue weighted by molar-refractivity contribution is -0.147. The van der Waals surface area contributed by atoms with Crippen molar-refractivity contribution in [3.8, 4) is 11.5 Å². The Bertz CT molecular complexity index is 716. The first kappa shape index (κ1) is 23.7. The van der Waals surface area contributed by atoms with Crippen LogP contribution in [0.25, 0.3) is 0 Å². The molecule has 2 N–H and O–H groups in total. The highest BCUT2D eigenvalue weighted by molar-refractivity contribution is 5.74. The lowest BCUT2D eigenvalue weighted by Gasteiger charge is -2.22. The molecule has 0 amide bonds. The number of aliphatic carboxylic acids is 1. The molecule has 0 saturated heterocycles. The molecular formula is C23H30O7. The Morgan fingerprint density at radius 2 is 1.17 bits per heavy atom. The molecule has 0 bridgehead atoms. The smallest absolute Gasteiger partial charge is 0.333 e. The van der Waals surface area contributed by atoms with Crippen LogP contribution in [0.2, 0.25) is 0 Å². The van der Waals surface area contributed by atoms with Gasteiger partial charge in [0.2, 0.25) is 0 Å². The van der Waals surface area contributed by atoms with Crippen molar-refractivity contribution in [3.05, 3.63) is 59.7 Å². The van der Waals surface area contributed by atoms with Crippen LogP contribution in [0.3, 0.4) is 0 Å². The summed E-state index contributed by atoms with van der Waals surface area (Å²) in [4.78, 5) is 11.5. The van der Waals surface area contributed by atoms with Gasteiger partial charge in [0.25, 0.3) is 0 Å². The fourth-order valence-electron chi connectivity index (χ4n) is 3.13. The van der Waals surface area contributed by atoms with Crippen molar-refractivity contribution in [2.24, 2.45) is 0 Å². The molecule has 0 fully saturated rings. The van der Waals surface area contributed by atoms with Crippen LogP contribution in [0, 0.1) is 0 Å². The Labute approximate surface area is 177 Å². The van der Waals surface area contributed by atoms with E-state index in [1.54, 1.807) is 62.4 Å². The summed E-state index contributed by atoms with van der Waals surface area (Å²) < 4.78 is 22.0. The number of aliphatic hydroxyl groups is 1. The van der Waals surface area contributed by atoms with Crippen LogP contribution in [-0.2, 0) is 14.3 Å². The second-order valence-electron chi connectivity index (χ2n) is 6.68. The van der Waals surface area contributed by atoms with E-state index in [9.17, 15) is 15.0 Å². The number of rotatable bonds is 12. The molecule has 0 aliphatic heterocycles. The van der Waals surface area contributed by atoms with E-state index >= 15 is 0 Å². The van der Waals surface area contributed by atoms with Gasteiger partial charge in [-0.2, -0.15) is 0 Å². The maximum Gasteiger partial charge on any atom is 0.333 e. The number of carboxylic acid groups (broad SMARTS) is 1. The molecular weight excluding hydrogens is 388 g/mol. The van der Waals surface area contributed by atoms with Crippen molar-refractivity contribution in [1.82, 2.24) is 0 Å². The summed E-state index contributed by atoms with van der Waals surface area (Å²) in [5.41, 5.74) is 1.30. The van der Waals surface area contributed by atoms with Gasteiger partial charge < -0.3 is 29.2 Å². The standard InChI is InChI=1S/C23H30O7/c1-5-27-15(3)29-19-11-7-17(8-12-19)21(22(24)23(25)26)18-9-13-20(14-10-18)30-16(4)28-6-2/h7-16,21-22,24H,5-6H2,1-4H3,(H,25,26). The molecule has 0 saturated carbocycles. The van der Waals surface area contributed by atoms with E-state index in [1.165, 1.54) is 0 Å². The molecule has 7 nitrogen and oxygen atoms in total. The molecule has 0 aliphatic carbocycles. The number of hydrogen-bond donors (Lipinski definition) is 2. The fraction of sp³-hybridized carbons (Fsp3) is 0.435. The van der Waals surface area contributed by atoms with Crippen LogP contribution in [0.15, 0.2) is 48.5 Å². The SMILES string of the molecule is CCOC(C)Oc1ccc(C(c2ccc(OC(C)OCC)cc2)C(O)C(=O)O)cc1. The van der Waals surface area contributed by atoms with Crippen molar-refractivity contribution in [1.29, 1.82) is 0 Å². The quantitative estimate of drug-likeness (QED) is 0.507. The number of aliphatic hydroxyl groups excluding tert-OH is 1. The van der Waals surface area contributed by atoms with E-state index in [-0.39, 0.29) is 0 Å². The minimum Gasteiger partial charge on any atom is -0.479 e. The number of hydrogen-bond acceptors (Lipinski definition) is 6. The van der Waals surface area contributed by atoms with E-state index in [4.69, 9.17) is 18.9 Å². The largest absolute Gasteiger partial charge is 0.479 e. The zero-order valence-corrected chi connectivity index (χ0v) is 17.8. The first-order valence-corrected chi connectivity index (χ1v) is 10.0. The Morgan fingerprint density at radius 1 is 0.800 bits per heavy atom. The first-order valence-electron chi connectivity index (χ1n) is 10.0. The first-order chi connectivity index (χ1) is 14.3. The van der Waals surface area contributed by atoms with Gasteiger partial charge in [0.05, 0.1) is 0 Å². The van der Waals surface area contributed by atoms with E-state index in [0.29, 0.717) is 35.8 Å². The van der Waals surface area contributed by atoms with Gasteiger partial charge in [0, 0.05) is 19.1 Å². The molecule has 2 rings (SSSR count). The lowest BCUT2D eigenvalue weighted by atomic mass is 9.86. The van der Waals surface area contributed by atoms with Gasteiger partial charge in [-0.15, -0.1) is 0 Å². The monoisotopic (exact) mass is 418 g/mol. The van der Waals surface area contributed by atoms with Crippen LogP contribution in [0.4, 0.5) is 0 Å². The average Bonchev–Trinajstić information content (AvgIpc) is 2.71. The van der Waals surface area contributed by atoms with Gasteiger partial charge in [0.15, 0.2) is 18.7 Å². The van der Waals surface area contributed by atoms with Crippen LogP contribution in [0.1, 0.15) is 44.7 Å². The second kappa shape index (κ2) is 11.5. The van der Waals surface area contributed by atoms with Gasteiger partial charge in [0.1, 0.15) is 11.5 Å². The van der Waals surface area contributed by atoms with Crippen LogP contribution in [-0.4, -0.2) is 48.1 Å². The van der Waals surface area contributed by atoms with E-state index in [0.717, 1.165) is 0 Å². The molecule has 0 radical (unpaired) electrons. The predicted octanol–water partition coefficient (Wildman–Crippen LogP) is 3.79. The van der Waals surface area contributed by atoms with Crippen molar-refractivity contribution in [3.63, 3.8) is 0 Å². The third-order valence-corrected chi connectivity index (χ3v) is 4.45. The van der Waals surface area contributed by atoms with Crippen molar-refractivity contribution in [2.75, 3.05) is 13.2 Å². The van der Waals surface area contributed by atoms with Gasteiger partial charge in [-0.25, -0.2) is 4.79 Å². The van der Waals surface area contributed by atoms with Gasteiger partial charge in [-0.05, 0) is 63.1 Å². The molecule has 164 valence electrons. The van der Waals surface area contributed by atoms with E-state index in [2.05, 4.69) is 0 Å². The molecule has 3 atom stereocenters. The summed E-state index contributed by atoms with van der Waals surface area (Å²) in [5, 5.41) is 19.8. The topological polar surface area (TPSA) is 94.5 Å². The molecule has 2 aromatic rings. The molecule has 30 heavy (non-hydrogen) atoms. The number of benzene rings is 2. The summed E-state index contributed by atoms with van der Waals surface area (Å²) in [6, 6.07) is 13.9. The Morgan fingerprint density at radius 3 is 1.47 bits per heavy atom. The van der Waals surface area contributed by atoms with E-state index < -0.39 is 30.6 Å². The second-order valence-corrected chi connectivity index (χ2v) is 6.68. The fourth-order valence-corrected chi connectivity index (χ4v) is 3.13. The highest BCUT2D eigenvalue weighted by atomic mass is 16.7. The summed E-state index contributed by atoms with van der Waals surface area (Å²) in [6.07, 6.45) is -2.39. The number of ether oxygens (including phenoxy) is 4. The minimum absolute atomic E-state index is 0.395.